The number of aliphatic carboxylic acids is 1. The molecule has 0 radical (unpaired) electrons. The summed E-state index contributed by atoms with van der Waals surface area (Å²) in [4.78, 5) is 10.3. The van der Waals surface area contributed by atoms with Crippen LogP contribution in [0.25, 0.3) is 0 Å². The average molecular weight is 186 g/mol. The van der Waals surface area contributed by atoms with Crippen molar-refractivity contribution >= 4 is 5.97 Å². The third-order valence-corrected chi connectivity index (χ3v) is 1.66. The molecule has 1 heterocycles. The predicted octanol–water partition coefficient (Wildman–Crippen LogP) is -0.490. The van der Waals surface area contributed by atoms with Crippen molar-refractivity contribution in [1.82, 2.24) is 10.6 Å². The fourth-order valence-corrected chi connectivity index (χ4v) is 1.14. The Morgan fingerprint density at radius 3 is 3.08 bits per heavy atom. The molecular weight excluding hydrogens is 172 g/mol. The minimum absolute atomic E-state index is 0.121. The summed E-state index contributed by atoms with van der Waals surface area (Å²) in [6.07, 6.45) is 1.00. The fourth-order valence-electron chi connectivity index (χ4n) is 1.14. The highest BCUT2D eigenvalue weighted by molar-refractivity contribution is 5.80. The number of nitrogens with one attached hydrogen (secondary N) is 2. The van der Waals surface area contributed by atoms with Gasteiger partial charge in [-0.1, -0.05) is 0 Å². The van der Waals surface area contributed by atoms with Gasteiger partial charge < -0.3 is 20.5 Å². The van der Waals surface area contributed by atoms with Gasteiger partial charge in [-0.25, -0.2) is 4.79 Å². The van der Waals surface area contributed by atoms with Crippen LogP contribution >= 0.6 is 0 Å². The quantitative estimate of drug-likeness (QED) is 0.519. The van der Waals surface area contributed by atoms with Crippen LogP contribution in [-0.4, -0.2) is 37.0 Å². The topological polar surface area (TPSA) is 70.6 Å². The summed E-state index contributed by atoms with van der Waals surface area (Å²) < 4.78 is 5.32. The number of carboxylic acids is 1. The largest absolute Gasteiger partial charge is 0.478 e. The summed E-state index contributed by atoms with van der Waals surface area (Å²) in [5.74, 6) is -0.950. The zero-order valence-electron chi connectivity index (χ0n) is 7.54. The summed E-state index contributed by atoms with van der Waals surface area (Å²) in [7, 11) is 0. The number of allylic oxidation sites excluding steroid dienone is 1. The van der Waals surface area contributed by atoms with E-state index in [-0.39, 0.29) is 6.23 Å². The molecule has 0 amide bonds. The Labute approximate surface area is 76.8 Å². The molecule has 1 fully saturated rings. The SMILES string of the molecule is C/C(=C/C(=O)O)NC1CNCCO1. The first-order chi connectivity index (χ1) is 6.18. The van der Waals surface area contributed by atoms with E-state index >= 15 is 0 Å². The van der Waals surface area contributed by atoms with Gasteiger partial charge in [0.1, 0.15) is 6.23 Å². The third kappa shape index (κ3) is 3.91. The molecule has 1 saturated heterocycles. The molecule has 5 heteroatoms. The van der Waals surface area contributed by atoms with Crippen molar-refractivity contribution in [3.8, 4) is 0 Å². The molecular formula is C8H14N2O3. The molecule has 1 aliphatic heterocycles. The van der Waals surface area contributed by atoms with E-state index in [1.54, 1.807) is 6.92 Å². The fraction of sp³-hybridized carbons (Fsp3) is 0.625. The maximum atomic E-state index is 10.3. The van der Waals surface area contributed by atoms with E-state index < -0.39 is 5.97 Å². The summed E-state index contributed by atoms with van der Waals surface area (Å²) in [6.45, 7) is 3.90. The van der Waals surface area contributed by atoms with Crippen LogP contribution in [0.4, 0.5) is 0 Å². The molecule has 0 aromatic carbocycles. The van der Waals surface area contributed by atoms with Crippen LogP contribution in [-0.2, 0) is 9.53 Å². The van der Waals surface area contributed by atoms with Crippen molar-refractivity contribution < 1.29 is 14.6 Å². The highest BCUT2D eigenvalue weighted by atomic mass is 16.5. The van der Waals surface area contributed by atoms with E-state index in [4.69, 9.17) is 9.84 Å². The van der Waals surface area contributed by atoms with Crippen molar-refractivity contribution in [1.29, 1.82) is 0 Å². The Kier molecular flexibility index (Phi) is 3.72. The van der Waals surface area contributed by atoms with Gasteiger partial charge in [0.05, 0.1) is 6.61 Å². The van der Waals surface area contributed by atoms with Gasteiger partial charge in [0.25, 0.3) is 0 Å². The molecule has 0 bridgehead atoms. The molecule has 0 aliphatic carbocycles. The van der Waals surface area contributed by atoms with Crippen LogP contribution in [0.1, 0.15) is 6.92 Å². The molecule has 1 rings (SSSR count). The second-order valence-corrected chi connectivity index (χ2v) is 2.87. The number of rotatable bonds is 3. The van der Waals surface area contributed by atoms with Crippen molar-refractivity contribution in [2.75, 3.05) is 19.7 Å². The first-order valence-corrected chi connectivity index (χ1v) is 4.18. The van der Waals surface area contributed by atoms with Crippen molar-refractivity contribution in [2.45, 2.75) is 13.2 Å². The van der Waals surface area contributed by atoms with Gasteiger partial charge in [0.2, 0.25) is 0 Å². The standard InChI is InChI=1S/C8H14N2O3/c1-6(4-8(11)12)10-7-5-9-2-3-13-7/h4,7,9-10H,2-3,5H2,1H3,(H,11,12)/b6-4-. The van der Waals surface area contributed by atoms with Crippen LogP contribution in [0.5, 0.6) is 0 Å². The lowest BCUT2D eigenvalue weighted by Gasteiger charge is -2.25. The maximum absolute atomic E-state index is 10.3. The van der Waals surface area contributed by atoms with Crippen molar-refractivity contribution in [3.05, 3.63) is 11.8 Å². The maximum Gasteiger partial charge on any atom is 0.330 e. The van der Waals surface area contributed by atoms with E-state index in [1.807, 2.05) is 0 Å². The zero-order chi connectivity index (χ0) is 9.68. The third-order valence-electron chi connectivity index (χ3n) is 1.66. The van der Waals surface area contributed by atoms with Crippen LogP contribution in [0.2, 0.25) is 0 Å². The number of ether oxygens (including phenoxy) is 1. The minimum atomic E-state index is -0.950. The van der Waals surface area contributed by atoms with Crippen LogP contribution < -0.4 is 10.6 Å². The first-order valence-electron chi connectivity index (χ1n) is 4.18. The van der Waals surface area contributed by atoms with E-state index in [9.17, 15) is 4.79 Å². The minimum Gasteiger partial charge on any atom is -0.478 e. The molecule has 0 spiro atoms. The molecule has 13 heavy (non-hydrogen) atoms. The van der Waals surface area contributed by atoms with Gasteiger partial charge in [0.15, 0.2) is 0 Å². The summed E-state index contributed by atoms with van der Waals surface area (Å²) in [5, 5.41) is 14.5. The van der Waals surface area contributed by atoms with E-state index in [0.29, 0.717) is 18.8 Å². The number of hydrogen-bond donors (Lipinski definition) is 3. The van der Waals surface area contributed by atoms with E-state index in [1.165, 1.54) is 0 Å². The highest BCUT2D eigenvalue weighted by Gasteiger charge is 2.12. The summed E-state index contributed by atoms with van der Waals surface area (Å²) in [6, 6.07) is 0. The highest BCUT2D eigenvalue weighted by Crippen LogP contribution is 1.96. The zero-order valence-corrected chi connectivity index (χ0v) is 7.54. The average Bonchev–Trinajstić information content (AvgIpc) is 2.04. The molecule has 0 saturated carbocycles. The predicted molar refractivity (Wildman–Crippen MR) is 47.1 cm³/mol. The number of carboxylic acid groups (broad SMARTS) is 1. The summed E-state index contributed by atoms with van der Waals surface area (Å²) in [5.41, 5.74) is 0.598. The smallest absolute Gasteiger partial charge is 0.330 e. The normalized spacial score (nSPS) is 24.1. The Balaban J connectivity index is 2.33. The Bertz CT molecular complexity index is 209. The molecule has 3 N–H and O–H groups in total. The Morgan fingerprint density at radius 1 is 1.77 bits per heavy atom. The monoisotopic (exact) mass is 186 g/mol. The van der Waals surface area contributed by atoms with E-state index in [0.717, 1.165) is 12.6 Å². The number of carbonyl (C=O) groups is 1. The molecule has 0 aromatic rings. The van der Waals surface area contributed by atoms with Crippen LogP contribution in [0, 0.1) is 0 Å². The molecule has 1 unspecified atom stereocenters. The Morgan fingerprint density at radius 2 is 2.54 bits per heavy atom. The second-order valence-electron chi connectivity index (χ2n) is 2.87. The first kappa shape index (κ1) is 10.0. The van der Waals surface area contributed by atoms with Gasteiger partial charge in [0, 0.05) is 24.9 Å². The lowest BCUT2D eigenvalue weighted by molar-refractivity contribution is -0.131. The molecule has 0 aromatic heterocycles. The van der Waals surface area contributed by atoms with Gasteiger partial charge in [-0.2, -0.15) is 0 Å². The van der Waals surface area contributed by atoms with Gasteiger partial charge >= 0.3 is 5.97 Å². The second kappa shape index (κ2) is 4.84. The van der Waals surface area contributed by atoms with Gasteiger partial charge in [-0.15, -0.1) is 0 Å². The molecule has 1 atom stereocenters. The number of morpholine rings is 1. The van der Waals surface area contributed by atoms with Crippen molar-refractivity contribution in [2.24, 2.45) is 0 Å². The van der Waals surface area contributed by atoms with Gasteiger partial charge in [-0.05, 0) is 6.92 Å². The van der Waals surface area contributed by atoms with Gasteiger partial charge in [-0.3, -0.25) is 0 Å². The Hall–Kier alpha value is -1.07. The molecule has 1 aliphatic rings. The van der Waals surface area contributed by atoms with Crippen molar-refractivity contribution in [3.63, 3.8) is 0 Å². The molecule has 74 valence electrons. The van der Waals surface area contributed by atoms with Crippen LogP contribution in [0.15, 0.2) is 11.8 Å². The number of hydrogen-bond acceptors (Lipinski definition) is 4. The van der Waals surface area contributed by atoms with E-state index in [2.05, 4.69) is 10.6 Å². The summed E-state index contributed by atoms with van der Waals surface area (Å²) >= 11 is 0. The van der Waals surface area contributed by atoms with Crippen LogP contribution in [0.3, 0.4) is 0 Å². The molecule has 5 nitrogen and oxygen atoms in total. The lowest BCUT2D eigenvalue weighted by Crippen LogP contribution is -2.46. The lowest BCUT2D eigenvalue weighted by atomic mass is 10.4.